The summed E-state index contributed by atoms with van der Waals surface area (Å²) in [4.78, 5) is 7.23. The zero-order valence-electron chi connectivity index (χ0n) is 18.0. The van der Waals surface area contributed by atoms with Crippen molar-refractivity contribution in [3.8, 4) is 0 Å². The Bertz CT molecular complexity index is 1270. The van der Waals surface area contributed by atoms with E-state index in [0.29, 0.717) is 12.7 Å². The Morgan fingerprint density at radius 1 is 0.967 bits per heavy atom. The number of hydrogen-bond acceptors (Lipinski definition) is 3. The van der Waals surface area contributed by atoms with Crippen molar-refractivity contribution in [3.05, 3.63) is 59.8 Å². The fourth-order valence-corrected chi connectivity index (χ4v) is 6.11. The largest absolute Gasteiger partial charge is 0.435 e. The fourth-order valence-electron chi connectivity index (χ4n) is 6.11. The summed E-state index contributed by atoms with van der Waals surface area (Å²) in [5, 5.41) is 2.26. The third-order valence-corrected chi connectivity index (χ3v) is 7.45. The molecule has 0 spiro atoms. The fraction of sp³-hybridized carbons (Fsp3) is 0.346. The van der Waals surface area contributed by atoms with Gasteiger partial charge in [0.05, 0.1) is 5.69 Å². The summed E-state index contributed by atoms with van der Waals surface area (Å²) in [5.74, 6) is 1.20. The van der Waals surface area contributed by atoms with Gasteiger partial charge in [-0.25, -0.2) is 4.98 Å². The van der Waals surface area contributed by atoms with Crippen molar-refractivity contribution in [3.63, 3.8) is 0 Å². The first kappa shape index (κ1) is 18.1. The van der Waals surface area contributed by atoms with Crippen LogP contribution < -0.4 is 10.4 Å². The number of nitrogens with zero attached hydrogens (tertiary/aromatic N) is 2. The van der Waals surface area contributed by atoms with Gasteiger partial charge in [-0.1, -0.05) is 74.2 Å². The van der Waals surface area contributed by atoms with Crippen molar-refractivity contribution in [2.24, 2.45) is 0 Å². The van der Waals surface area contributed by atoms with E-state index in [1.807, 2.05) is 6.92 Å². The zero-order valence-corrected chi connectivity index (χ0v) is 18.0. The van der Waals surface area contributed by atoms with Gasteiger partial charge in [0, 0.05) is 28.1 Å². The van der Waals surface area contributed by atoms with Gasteiger partial charge < -0.3 is 9.32 Å². The van der Waals surface area contributed by atoms with Gasteiger partial charge in [-0.2, -0.15) is 0 Å². The smallest absolute Gasteiger partial charge is 0.227 e. The summed E-state index contributed by atoms with van der Waals surface area (Å²) in [6.45, 7) is 7.22. The molecular formula is C26H27BN2O. The molecule has 6 rings (SSSR count). The molecule has 4 heteroatoms. The molecule has 3 heterocycles. The molecule has 1 fully saturated rings. The summed E-state index contributed by atoms with van der Waals surface area (Å²) in [5.41, 5.74) is 8.03. The van der Waals surface area contributed by atoms with E-state index in [9.17, 15) is 0 Å². The SMILES string of the molecule is Cc1ccc2c(n1)oc1c(N3c4ccccc4B(C4CCCC4)[C@@H]3C)c(C)ccc12. The number of hydrogen-bond donors (Lipinski definition) is 0. The highest BCUT2D eigenvalue weighted by atomic mass is 16.3. The molecule has 4 aromatic rings. The third-order valence-electron chi connectivity index (χ3n) is 7.45. The van der Waals surface area contributed by atoms with Gasteiger partial charge in [-0.15, -0.1) is 0 Å². The molecular weight excluding hydrogens is 367 g/mol. The molecule has 150 valence electrons. The van der Waals surface area contributed by atoms with E-state index < -0.39 is 0 Å². The number of para-hydroxylation sites is 1. The van der Waals surface area contributed by atoms with Gasteiger partial charge in [0.2, 0.25) is 12.4 Å². The van der Waals surface area contributed by atoms with Gasteiger partial charge in [0.1, 0.15) is 0 Å². The van der Waals surface area contributed by atoms with E-state index in [4.69, 9.17) is 4.42 Å². The van der Waals surface area contributed by atoms with Crippen LogP contribution in [0.15, 0.2) is 52.9 Å². The van der Waals surface area contributed by atoms with E-state index in [1.54, 1.807) is 0 Å². The Balaban J connectivity index is 1.60. The Morgan fingerprint density at radius 3 is 2.57 bits per heavy atom. The number of aromatic nitrogens is 1. The molecule has 0 radical (unpaired) electrons. The molecule has 0 bridgehead atoms. The number of fused-ring (bicyclic) bond motifs is 4. The number of benzene rings is 2. The van der Waals surface area contributed by atoms with Crippen LogP contribution in [0.1, 0.15) is 43.9 Å². The predicted molar refractivity (Wildman–Crippen MR) is 127 cm³/mol. The first-order chi connectivity index (χ1) is 14.6. The second-order valence-electron chi connectivity index (χ2n) is 9.25. The third kappa shape index (κ3) is 2.49. The summed E-state index contributed by atoms with van der Waals surface area (Å²) in [6.07, 6.45) is 5.46. The van der Waals surface area contributed by atoms with Crippen molar-refractivity contribution in [1.82, 2.24) is 4.98 Å². The van der Waals surface area contributed by atoms with E-state index in [-0.39, 0.29) is 0 Å². The Morgan fingerprint density at radius 2 is 1.73 bits per heavy atom. The quantitative estimate of drug-likeness (QED) is 0.373. The second-order valence-corrected chi connectivity index (χ2v) is 9.25. The summed E-state index contributed by atoms with van der Waals surface area (Å²) < 4.78 is 6.43. The number of anilines is 2. The lowest BCUT2D eigenvalue weighted by Gasteiger charge is -2.30. The zero-order chi connectivity index (χ0) is 20.4. The molecule has 0 N–H and O–H groups in total. The lowest BCUT2D eigenvalue weighted by molar-refractivity contribution is 0.650. The standard InChI is InChI=1S/C26H27BN2O/c1-16-12-14-20-21-15-13-17(2)28-26(21)30-25(20)24(16)29-18(3)27(19-8-4-5-9-19)22-10-6-7-11-23(22)29/h6-7,10-15,18-19H,4-5,8-9H2,1-3H3/t18-/m0/s1. The normalized spacial score (nSPS) is 19.4. The van der Waals surface area contributed by atoms with Crippen molar-refractivity contribution in [1.29, 1.82) is 0 Å². The van der Waals surface area contributed by atoms with Crippen LogP contribution in [0.2, 0.25) is 5.82 Å². The molecule has 3 nitrogen and oxygen atoms in total. The van der Waals surface area contributed by atoms with Crippen LogP contribution in [0.25, 0.3) is 22.1 Å². The molecule has 1 aliphatic carbocycles. The van der Waals surface area contributed by atoms with Gasteiger partial charge in [0.25, 0.3) is 0 Å². The molecule has 2 aromatic carbocycles. The predicted octanol–water partition coefficient (Wildman–Crippen LogP) is 6.32. The van der Waals surface area contributed by atoms with Crippen LogP contribution in [-0.2, 0) is 0 Å². The highest BCUT2D eigenvalue weighted by Crippen LogP contribution is 2.46. The topological polar surface area (TPSA) is 29.3 Å². The lowest BCUT2D eigenvalue weighted by atomic mass is 9.34. The minimum Gasteiger partial charge on any atom is -0.435 e. The maximum absolute atomic E-state index is 6.43. The number of rotatable bonds is 2. The van der Waals surface area contributed by atoms with Crippen molar-refractivity contribution in [2.75, 3.05) is 4.90 Å². The summed E-state index contributed by atoms with van der Waals surface area (Å²) >= 11 is 0. The highest BCUT2D eigenvalue weighted by molar-refractivity contribution is 6.79. The van der Waals surface area contributed by atoms with Crippen LogP contribution in [-0.4, -0.2) is 17.6 Å². The first-order valence-corrected chi connectivity index (χ1v) is 11.3. The molecule has 1 atom stereocenters. The average molecular weight is 394 g/mol. The maximum atomic E-state index is 6.43. The van der Waals surface area contributed by atoms with E-state index in [1.165, 1.54) is 48.1 Å². The lowest BCUT2D eigenvalue weighted by Crippen LogP contribution is -2.42. The van der Waals surface area contributed by atoms with Crippen molar-refractivity contribution < 1.29 is 4.42 Å². The van der Waals surface area contributed by atoms with E-state index in [0.717, 1.165) is 33.6 Å². The minimum absolute atomic E-state index is 0.415. The van der Waals surface area contributed by atoms with Crippen LogP contribution >= 0.6 is 0 Å². The molecule has 0 saturated heterocycles. The molecule has 0 unspecified atom stereocenters. The second kappa shape index (κ2) is 6.63. The minimum atomic E-state index is 0.415. The van der Waals surface area contributed by atoms with Gasteiger partial charge >= 0.3 is 0 Å². The van der Waals surface area contributed by atoms with Crippen molar-refractivity contribution in [2.45, 2.75) is 58.2 Å². The summed E-state index contributed by atoms with van der Waals surface area (Å²) in [7, 11) is 0. The van der Waals surface area contributed by atoms with Crippen LogP contribution in [0.5, 0.6) is 0 Å². The summed E-state index contributed by atoms with van der Waals surface area (Å²) in [6, 6.07) is 17.7. The Kier molecular flexibility index (Phi) is 3.99. The average Bonchev–Trinajstić information content (AvgIpc) is 3.44. The molecule has 30 heavy (non-hydrogen) atoms. The van der Waals surface area contributed by atoms with Crippen LogP contribution in [0.4, 0.5) is 11.4 Å². The number of aryl methyl sites for hydroxylation is 2. The molecule has 1 aliphatic heterocycles. The maximum Gasteiger partial charge on any atom is 0.227 e. The van der Waals surface area contributed by atoms with Gasteiger partial charge in [-0.05, 0) is 37.6 Å². The van der Waals surface area contributed by atoms with E-state index in [2.05, 4.69) is 72.3 Å². The van der Waals surface area contributed by atoms with Gasteiger partial charge in [-0.3, -0.25) is 0 Å². The number of furan rings is 1. The Hall–Kier alpha value is -2.75. The van der Waals surface area contributed by atoms with Gasteiger partial charge in [0.15, 0.2) is 5.58 Å². The highest BCUT2D eigenvalue weighted by Gasteiger charge is 2.45. The number of pyridine rings is 1. The van der Waals surface area contributed by atoms with Crippen LogP contribution in [0, 0.1) is 13.8 Å². The molecule has 1 saturated carbocycles. The monoisotopic (exact) mass is 394 g/mol. The molecule has 0 amide bonds. The van der Waals surface area contributed by atoms with E-state index >= 15 is 0 Å². The molecule has 2 aliphatic rings. The van der Waals surface area contributed by atoms with Crippen LogP contribution in [0.3, 0.4) is 0 Å². The molecule has 2 aromatic heterocycles. The Labute approximate surface area is 178 Å². The van der Waals surface area contributed by atoms with Crippen molar-refractivity contribution >= 4 is 45.6 Å². The first-order valence-electron chi connectivity index (χ1n) is 11.3.